The molecule has 0 radical (unpaired) electrons. The van der Waals surface area contributed by atoms with Crippen molar-refractivity contribution in [2.75, 3.05) is 0 Å². The monoisotopic (exact) mass is 278 g/mol. The fourth-order valence-corrected chi connectivity index (χ4v) is 1.84. The summed E-state index contributed by atoms with van der Waals surface area (Å²) >= 11 is 5.36. The number of halogens is 4. The number of carbonyl (C=O) groups is 1. The quantitative estimate of drug-likeness (QED) is 0.573. The van der Waals surface area contributed by atoms with Gasteiger partial charge in [0.1, 0.15) is 10.8 Å². The van der Waals surface area contributed by atoms with Crippen LogP contribution in [0.2, 0.25) is 0 Å². The Hall–Kier alpha value is -0.760. The standard InChI is InChI=1S/C7H6ClF3O4S/c8-6-4(12)2-1-3-5(6)15-16(13,14)7(9,10)11/h1-3H2. The van der Waals surface area contributed by atoms with Crippen molar-refractivity contribution in [1.29, 1.82) is 0 Å². The van der Waals surface area contributed by atoms with Crippen LogP contribution in [0.25, 0.3) is 0 Å². The Balaban J connectivity index is 2.99. The molecule has 0 bridgehead atoms. The number of carbonyl (C=O) groups excluding carboxylic acids is 1. The Morgan fingerprint density at radius 2 is 1.81 bits per heavy atom. The van der Waals surface area contributed by atoms with Gasteiger partial charge in [0.15, 0.2) is 5.78 Å². The third-order valence-electron chi connectivity index (χ3n) is 1.79. The van der Waals surface area contributed by atoms with Crippen molar-refractivity contribution in [3.8, 4) is 0 Å². The summed E-state index contributed by atoms with van der Waals surface area (Å²) in [5.74, 6) is -1.27. The predicted octanol–water partition coefficient (Wildman–Crippen LogP) is 2.06. The summed E-state index contributed by atoms with van der Waals surface area (Å²) in [6.07, 6.45) is 0.162. The van der Waals surface area contributed by atoms with Gasteiger partial charge in [-0.25, -0.2) is 0 Å². The molecule has 0 saturated carbocycles. The van der Waals surface area contributed by atoms with Crippen LogP contribution in [-0.4, -0.2) is 19.7 Å². The van der Waals surface area contributed by atoms with Crippen LogP contribution < -0.4 is 0 Å². The van der Waals surface area contributed by atoms with Crippen molar-refractivity contribution in [3.05, 3.63) is 10.8 Å². The molecule has 0 amide bonds. The lowest BCUT2D eigenvalue weighted by Crippen LogP contribution is -2.26. The maximum absolute atomic E-state index is 11.9. The first-order chi connectivity index (χ1) is 7.15. The van der Waals surface area contributed by atoms with Gasteiger partial charge in [0.2, 0.25) is 0 Å². The summed E-state index contributed by atoms with van der Waals surface area (Å²) in [4.78, 5) is 11.0. The summed E-state index contributed by atoms with van der Waals surface area (Å²) in [5, 5.41) is -0.584. The summed E-state index contributed by atoms with van der Waals surface area (Å²) < 4.78 is 60.9. The minimum atomic E-state index is -5.75. The fraction of sp³-hybridized carbons (Fsp3) is 0.571. The van der Waals surface area contributed by atoms with Gasteiger partial charge < -0.3 is 4.18 Å². The molecule has 9 heteroatoms. The van der Waals surface area contributed by atoms with E-state index in [1.54, 1.807) is 0 Å². The predicted molar refractivity (Wildman–Crippen MR) is 47.8 cm³/mol. The molecular weight excluding hydrogens is 273 g/mol. The van der Waals surface area contributed by atoms with E-state index in [4.69, 9.17) is 11.6 Å². The van der Waals surface area contributed by atoms with Crippen molar-refractivity contribution < 1.29 is 30.6 Å². The molecule has 0 N–H and O–H groups in total. The van der Waals surface area contributed by atoms with E-state index < -0.39 is 32.2 Å². The van der Waals surface area contributed by atoms with E-state index in [0.29, 0.717) is 0 Å². The molecule has 0 atom stereocenters. The molecule has 0 fully saturated rings. The molecule has 0 aromatic rings. The van der Waals surface area contributed by atoms with E-state index in [0.717, 1.165) is 0 Å². The zero-order chi connectivity index (χ0) is 12.6. The first-order valence-corrected chi connectivity index (χ1v) is 5.86. The van der Waals surface area contributed by atoms with E-state index in [-0.39, 0.29) is 19.3 Å². The first-order valence-electron chi connectivity index (χ1n) is 4.08. The van der Waals surface area contributed by atoms with Crippen LogP contribution >= 0.6 is 11.6 Å². The summed E-state index contributed by atoms with van der Waals surface area (Å²) in [5.41, 5.74) is -5.53. The molecule has 0 aliphatic heterocycles. The van der Waals surface area contributed by atoms with Gasteiger partial charge in [-0.1, -0.05) is 11.6 Å². The fourth-order valence-electron chi connectivity index (χ4n) is 1.04. The second-order valence-corrected chi connectivity index (χ2v) is 4.91. The van der Waals surface area contributed by atoms with Crippen molar-refractivity contribution in [3.63, 3.8) is 0 Å². The number of ketones is 1. The lowest BCUT2D eigenvalue weighted by Gasteiger charge is -2.16. The molecule has 1 aliphatic rings. The molecule has 0 spiro atoms. The van der Waals surface area contributed by atoms with Crippen molar-refractivity contribution >= 4 is 27.5 Å². The maximum atomic E-state index is 11.9. The number of alkyl halides is 3. The van der Waals surface area contributed by atoms with Gasteiger partial charge in [0.05, 0.1) is 0 Å². The van der Waals surface area contributed by atoms with E-state index >= 15 is 0 Å². The summed E-state index contributed by atoms with van der Waals surface area (Å²) in [6, 6.07) is 0. The van der Waals surface area contributed by atoms with Crippen LogP contribution in [-0.2, 0) is 19.1 Å². The molecule has 16 heavy (non-hydrogen) atoms. The van der Waals surface area contributed by atoms with E-state index in [2.05, 4.69) is 4.18 Å². The Kier molecular flexibility index (Phi) is 3.53. The molecule has 4 nitrogen and oxygen atoms in total. The van der Waals surface area contributed by atoms with Crippen molar-refractivity contribution in [1.82, 2.24) is 0 Å². The average Bonchev–Trinajstić information content (AvgIpc) is 2.11. The summed E-state index contributed by atoms with van der Waals surface area (Å²) in [6.45, 7) is 0. The van der Waals surface area contributed by atoms with Crippen LogP contribution in [0.1, 0.15) is 19.3 Å². The van der Waals surface area contributed by atoms with Gasteiger partial charge in [-0.3, -0.25) is 4.79 Å². The van der Waals surface area contributed by atoms with Gasteiger partial charge in [0, 0.05) is 12.8 Å². The normalized spacial score (nSPS) is 18.9. The highest BCUT2D eigenvalue weighted by Gasteiger charge is 2.49. The Labute approximate surface area is 94.1 Å². The van der Waals surface area contributed by atoms with Crippen molar-refractivity contribution in [2.24, 2.45) is 0 Å². The van der Waals surface area contributed by atoms with Gasteiger partial charge >= 0.3 is 15.6 Å². The van der Waals surface area contributed by atoms with Crippen LogP contribution in [0.15, 0.2) is 10.8 Å². The second-order valence-electron chi connectivity index (χ2n) is 3.00. The third kappa shape index (κ3) is 2.67. The lowest BCUT2D eigenvalue weighted by atomic mass is 10.1. The van der Waals surface area contributed by atoms with E-state index in [1.807, 2.05) is 0 Å². The first kappa shape index (κ1) is 13.3. The molecule has 1 rings (SSSR count). The minimum absolute atomic E-state index is 0.0672. The lowest BCUT2D eigenvalue weighted by molar-refractivity contribution is -0.115. The number of hydrogen-bond acceptors (Lipinski definition) is 4. The highest BCUT2D eigenvalue weighted by molar-refractivity contribution is 7.87. The molecule has 1 aliphatic carbocycles. The minimum Gasteiger partial charge on any atom is -0.379 e. The van der Waals surface area contributed by atoms with Gasteiger partial charge in [-0.2, -0.15) is 21.6 Å². The highest BCUT2D eigenvalue weighted by Crippen LogP contribution is 2.32. The molecule has 0 unspecified atom stereocenters. The van der Waals surface area contributed by atoms with Crippen LogP contribution in [0.3, 0.4) is 0 Å². The molecular formula is C7H6ClF3O4S. The van der Waals surface area contributed by atoms with Crippen LogP contribution in [0, 0.1) is 0 Å². The third-order valence-corrected chi connectivity index (χ3v) is 3.20. The molecule has 0 saturated heterocycles. The maximum Gasteiger partial charge on any atom is 0.534 e. The number of Topliss-reactive ketones (excluding diaryl/α,β-unsaturated/α-hetero) is 1. The van der Waals surface area contributed by atoms with Gasteiger partial charge in [0.25, 0.3) is 0 Å². The van der Waals surface area contributed by atoms with Gasteiger partial charge in [-0.15, -0.1) is 0 Å². The Morgan fingerprint density at radius 3 is 2.31 bits per heavy atom. The molecule has 0 aromatic carbocycles. The topological polar surface area (TPSA) is 60.4 Å². The van der Waals surface area contributed by atoms with Crippen LogP contribution in [0.4, 0.5) is 13.2 Å². The van der Waals surface area contributed by atoms with Crippen molar-refractivity contribution in [2.45, 2.75) is 24.8 Å². The zero-order valence-corrected chi connectivity index (χ0v) is 9.25. The van der Waals surface area contributed by atoms with Gasteiger partial charge in [-0.05, 0) is 6.42 Å². The smallest absolute Gasteiger partial charge is 0.379 e. The molecule has 0 aromatic heterocycles. The van der Waals surface area contributed by atoms with Crippen LogP contribution in [0.5, 0.6) is 0 Å². The zero-order valence-electron chi connectivity index (χ0n) is 7.67. The molecule has 0 heterocycles. The number of allylic oxidation sites excluding steroid dienone is 2. The number of hydrogen-bond donors (Lipinski definition) is 0. The second kappa shape index (κ2) is 4.25. The SMILES string of the molecule is O=C1CCCC(OS(=O)(=O)C(F)(F)F)=C1Cl. The number of rotatable bonds is 2. The largest absolute Gasteiger partial charge is 0.534 e. The summed E-state index contributed by atoms with van der Waals surface area (Å²) in [7, 11) is -5.75. The Morgan fingerprint density at radius 1 is 1.25 bits per heavy atom. The average molecular weight is 279 g/mol. The molecule has 92 valence electrons. The van der Waals surface area contributed by atoms with E-state index in [9.17, 15) is 26.4 Å². The van der Waals surface area contributed by atoms with E-state index in [1.165, 1.54) is 0 Å². The Bertz CT molecular complexity index is 437. The highest BCUT2D eigenvalue weighted by atomic mass is 35.5.